The first-order valence-corrected chi connectivity index (χ1v) is 10.5. The number of hydrogen-bond acceptors (Lipinski definition) is 6. The van der Waals surface area contributed by atoms with Crippen LogP contribution in [0, 0.1) is 0 Å². The molecule has 1 atom stereocenters. The number of esters is 1. The van der Waals surface area contributed by atoms with E-state index in [-0.39, 0.29) is 23.5 Å². The third-order valence-corrected chi connectivity index (χ3v) is 5.59. The summed E-state index contributed by atoms with van der Waals surface area (Å²) in [6, 6.07) is 12.5. The van der Waals surface area contributed by atoms with Crippen molar-refractivity contribution in [1.82, 2.24) is 10.0 Å². The number of para-hydroxylation sites is 1. The Kier molecular flexibility index (Phi) is 7.74. The molecule has 0 aromatic heterocycles. The van der Waals surface area contributed by atoms with E-state index in [1.807, 2.05) is 18.2 Å². The summed E-state index contributed by atoms with van der Waals surface area (Å²) in [7, 11) is -2.06. The summed E-state index contributed by atoms with van der Waals surface area (Å²) >= 11 is 0. The van der Waals surface area contributed by atoms with Gasteiger partial charge < -0.3 is 14.8 Å². The lowest BCUT2D eigenvalue weighted by Crippen LogP contribution is -2.35. The van der Waals surface area contributed by atoms with Crippen LogP contribution in [0.15, 0.2) is 53.4 Å². The zero-order chi connectivity index (χ0) is 21.4. The van der Waals surface area contributed by atoms with Crippen LogP contribution in [0.25, 0.3) is 0 Å². The predicted octanol–water partition coefficient (Wildman–Crippen LogP) is 1.86. The minimum absolute atomic E-state index is 0.0403. The van der Waals surface area contributed by atoms with E-state index in [4.69, 9.17) is 9.47 Å². The van der Waals surface area contributed by atoms with Crippen molar-refractivity contribution >= 4 is 21.9 Å². The molecule has 8 nitrogen and oxygen atoms in total. The molecule has 2 aromatic rings. The molecule has 1 amide bonds. The smallest absolute Gasteiger partial charge is 0.338 e. The van der Waals surface area contributed by atoms with E-state index in [0.29, 0.717) is 5.75 Å². The molecule has 0 radical (unpaired) electrons. The summed E-state index contributed by atoms with van der Waals surface area (Å²) < 4.78 is 36.6. The molecule has 9 heteroatoms. The molecule has 0 fully saturated rings. The average molecular weight is 420 g/mol. The average Bonchev–Trinajstić information content (AvgIpc) is 2.72. The van der Waals surface area contributed by atoms with Gasteiger partial charge in [0.15, 0.2) is 6.10 Å². The van der Waals surface area contributed by atoms with Gasteiger partial charge in [0.2, 0.25) is 10.0 Å². The summed E-state index contributed by atoms with van der Waals surface area (Å²) in [6.07, 6.45) is -1.03. The van der Waals surface area contributed by atoms with Crippen LogP contribution < -0.4 is 14.8 Å². The number of methoxy groups -OCH3 is 1. The number of nitrogens with one attached hydrogen (secondary N) is 2. The molecule has 0 aliphatic carbocycles. The molecular weight excluding hydrogens is 396 g/mol. The van der Waals surface area contributed by atoms with Crippen LogP contribution in [0.1, 0.15) is 29.8 Å². The number of amides is 1. The van der Waals surface area contributed by atoms with Crippen LogP contribution in [-0.4, -0.2) is 40.1 Å². The maximum Gasteiger partial charge on any atom is 0.338 e. The standard InChI is InChI=1S/C20H24N2O6S/c1-4-22-29(25,26)17-11-9-15(10-12-17)20(24)28-14(2)19(23)21-13-16-7-5-6-8-18(16)27-3/h5-12,14,22H,4,13H2,1-3H3,(H,21,23)/t14-/m0/s1. The molecule has 0 saturated carbocycles. The maximum absolute atomic E-state index is 12.2. The first kappa shape index (κ1) is 22.4. The highest BCUT2D eigenvalue weighted by Gasteiger charge is 2.20. The minimum Gasteiger partial charge on any atom is -0.496 e. The van der Waals surface area contributed by atoms with Crippen LogP contribution in [0.3, 0.4) is 0 Å². The van der Waals surface area contributed by atoms with E-state index in [9.17, 15) is 18.0 Å². The molecular formula is C20H24N2O6S. The molecule has 0 heterocycles. The summed E-state index contributed by atoms with van der Waals surface area (Å²) in [4.78, 5) is 24.5. The van der Waals surface area contributed by atoms with Crippen molar-refractivity contribution in [2.75, 3.05) is 13.7 Å². The van der Waals surface area contributed by atoms with Gasteiger partial charge in [0.25, 0.3) is 5.91 Å². The van der Waals surface area contributed by atoms with Crippen LogP contribution >= 0.6 is 0 Å². The summed E-state index contributed by atoms with van der Waals surface area (Å²) in [6.45, 7) is 3.61. The van der Waals surface area contributed by atoms with Gasteiger partial charge in [-0.25, -0.2) is 17.9 Å². The molecule has 0 saturated heterocycles. The Morgan fingerprint density at radius 3 is 2.34 bits per heavy atom. The molecule has 2 N–H and O–H groups in total. The minimum atomic E-state index is -3.61. The van der Waals surface area contributed by atoms with E-state index in [1.54, 1.807) is 20.1 Å². The summed E-state index contributed by atoms with van der Waals surface area (Å²) in [5, 5.41) is 2.69. The molecule has 0 aliphatic heterocycles. The molecule has 0 bridgehead atoms. The van der Waals surface area contributed by atoms with Gasteiger partial charge in [-0.2, -0.15) is 0 Å². The Labute approximate surface area is 170 Å². The van der Waals surface area contributed by atoms with Gasteiger partial charge in [-0.3, -0.25) is 4.79 Å². The van der Waals surface area contributed by atoms with Crippen molar-refractivity contribution in [2.45, 2.75) is 31.4 Å². The molecule has 0 aliphatic rings. The third kappa shape index (κ3) is 6.03. The SMILES string of the molecule is CCNS(=O)(=O)c1ccc(C(=O)O[C@@H](C)C(=O)NCc2ccccc2OC)cc1. The lowest BCUT2D eigenvalue weighted by atomic mass is 10.2. The predicted molar refractivity (Wildman–Crippen MR) is 107 cm³/mol. The van der Waals surface area contributed by atoms with Crippen molar-refractivity contribution in [3.63, 3.8) is 0 Å². The number of rotatable bonds is 9. The van der Waals surface area contributed by atoms with Crippen molar-refractivity contribution < 1.29 is 27.5 Å². The lowest BCUT2D eigenvalue weighted by molar-refractivity contribution is -0.129. The molecule has 2 rings (SSSR count). The second kappa shape index (κ2) is 10.0. The van der Waals surface area contributed by atoms with E-state index >= 15 is 0 Å². The van der Waals surface area contributed by atoms with Gasteiger partial charge in [0.05, 0.1) is 17.6 Å². The van der Waals surface area contributed by atoms with Crippen LogP contribution in [0.4, 0.5) is 0 Å². The van der Waals surface area contributed by atoms with E-state index in [2.05, 4.69) is 10.0 Å². The van der Waals surface area contributed by atoms with Gasteiger partial charge in [-0.1, -0.05) is 25.1 Å². The van der Waals surface area contributed by atoms with Crippen LogP contribution in [0.5, 0.6) is 5.75 Å². The van der Waals surface area contributed by atoms with Gasteiger partial charge in [-0.05, 0) is 37.3 Å². The number of ether oxygens (including phenoxy) is 2. The number of carbonyl (C=O) groups excluding carboxylic acids is 2. The van der Waals surface area contributed by atoms with Crippen molar-refractivity contribution in [3.05, 3.63) is 59.7 Å². The number of sulfonamides is 1. The molecule has 0 unspecified atom stereocenters. The lowest BCUT2D eigenvalue weighted by Gasteiger charge is -2.15. The number of benzene rings is 2. The van der Waals surface area contributed by atoms with Gasteiger partial charge in [-0.15, -0.1) is 0 Å². The fraction of sp³-hybridized carbons (Fsp3) is 0.300. The van der Waals surface area contributed by atoms with Crippen molar-refractivity contribution in [1.29, 1.82) is 0 Å². The Morgan fingerprint density at radius 1 is 1.07 bits per heavy atom. The van der Waals surface area contributed by atoms with Crippen LogP contribution in [0.2, 0.25) is 0 Å². The second-order valence-corrected chi connectivity index (χ2v) is 7.87. The first-order chi connectivity index (χ1) is 13.8. The molecule has 29 heavy (non-hydrogen) atoms. The normalized spacial score (nSPS) is 12.1. The molecule has 2 aromatic carbocycles. The molecule has 156 valence electrons. The highest BCUT2D eigenvalue weighted by molar-refractivity contribution is 7.89. The Bertz CT molecular complexity index is 957. The van der Waals surface area contributed by atoms with Gasteiger partial charge in [0, 0.05) is 18.7 Å². The number of carbonyl (C=O) groups is 2. The Balaban J connectivity index is 1.95. The Hall–Kier alpha value is -2.91. The zero-order valence-electron chi connectivity index (χ0n) is 16.5. The zero-order valence-corrected chi connectivity index (χ0v) is 17.3. The summed E-state index contributed by atoms with van der Waals surface area (Å²) in [5.41, 5.74) is 0.934. The quantitative estimate of drug-likeness (QED) is 0.599. The fourth-order valence-electron chi connectivity index (χ4n) is 2.50. The third-order valence-electron chi connectivity index (χ3n) is 4.03. The Morgan fingerprint density at radius 2 is 1.72 bits per heavy atom. The van der Waals surface area contributed by atoms with E-state index in [0.717, 1.165) is 5.56 Å². The molecule has 0 spiro atoms. The first-order valence-electron chi connectivity index (χ1n) is 8.98. The number of hydrogen-bond donors (Lipinski definition) is 2. The van der Waals surface area contributed by atoms with E-state index in [1.165, 1.54) is 31.2 Å². The summed E-state index contributed by atoms with van der Waals surface area (Å²) in [5.74, 6) is -0.544. The van der Waals surface area contributed by atoms with Gasteiger partial charge >= 0.3 is 5.97 Å². The largest absolute Gasteiger partial charge is 0.496 e. The maximum atomic E-state index is 12.2. The van der Waals surface area contributed by atoms with Gasteiger partial charge in [0.1, 0.15) is 5.75 Å². The fourth-order valence-corrected chi connectivity index (χ4v) is 3.54. The topological polar surface area (TPSA) is 111 Å². The van der Waals surface area contributed by atoms with Crippen molar-refractivity contribution in [2.24, 2.45) is 0 Å². The van der Waals surface area contributed by atoms with Crippen LogP contribution in [-0.2, 0) is 26.1 Å². The highest BCUT2D eigenvalue weighted by atomic mass is 32.2. The monoisotopic (exact) mass is 420 g/mol. The highest BCUT2D eigenvalue weighted by Crippen LogP contribution is 2.17. The van der Waals surface area contributed by atoms with Crippen molar-refractivity contribution in [3.8, 4) is 5.75 Å². The van der Waals surface area contributed by atoms with E-state index < -0.39 is 28.0 Å². The second-order valence-electron chi connectivity index (χ2n) is 6.10.